The summed E-state index contributed by atoms with van der Waals surface area (Å²) >= 11 is 0. The summed E-state index contributed by atoms with van der Waals surface area (Å²) in [6, 6.07) is 4.98. The molecule has 1 aromatic heterocycles. The summed E-state index contributed by atoms with van der Waals surface area (Å²) in [5.41, 5.74) is 2.44. The van der Waals surface area contributed by atoms with Crippen LogP contribution in [0, 0.1) is 11.8 Å². The quantitative estimate of drug-likeness (QED) is 0.890. The van der Waals surface area contributed by atoms with Crippen molar-refractivity contribution in [3.05, 3.63) is 24.0 Å². The van der Waals surface area contributed by atoms with E-state index in [2.05, 4.69) is 48.1 Å². The zero-order valence-corrected chi connectivity index (χ0v) is 12.0. The fourth-order valence-electron chi connectivity index (χ4n) is 2.98. The van der Waals surface area contributed by atoms with Crippen LogP contribution >= 0.6 is 0 Å². The molecule has 100 valence electrons. The van der Waals surface area contributed by atoms with Gasteiger partial charge in [-0.2, -0.15) is 0 Å². The SMILES string of the molecule is CNCc1cc(N2CC(C)CC(C)C2C)ccn1. The lowest BCUT2D eigenvalue weighted by atomic mass is 9.85. The molecule has 1 saturated heterocycles. The number of rotatable bonds is 3. The number of piperidine rings is 1. The highest BCUT2D eigenvalue weighted by atomic mass is 15.2. The zero-order valence-electron chi connectivity index (χ0n) is 12.0. The second kappa shape index (κ2) is 5.70. The minimum atomic E-state index is 0.617. The maximum absolute atomic E-state index is 4.40. The van der Waals surface area contributed by atoms with Crippen molar-refractivity contribution in [1.29, 1.82) is 0 Å². The molecule has 2 rings (SSSR count). The number of anilines is 1. The zero-order chi connectivity index (χ0) is 13.1. The van der Waals surface area contributed by atoms with Gasteiger partial charge in [0, 0.05) is 31.0 Å². The first kappa shape index (κ1) is 13.3. The maximum Gasteiger partial charge on any atom is 0.0562 e. The molecule has 3 nitrogen and oxygen atoms in total. The second-order valence-electron chi connectivity index (χ2n) is 5.75. The van der Waals surface area contributed by atoms with Gasteiger partial charge in [0.15, 0.2) is 0 Å². The summed E-state index contributed by atoms with van der Waals surface area (Å²) in [5.74, 6) is 1.53. The number of pyridine rings is 1. The first-order valence-corrected chi connectivity index (χ1v) is 6.98. The molecule has 0 aliphatic carbocycles. The summed E-state index contributed by atoms with van der Waals surface area (Å²) in [7, 11) is 1.96. The van der Waals surface area contributed by atoms with Gasteiger partial charge in [-0.15, -0.1) is 0 Å². The maximum atomic E-state index is 4.40. The number of nitrogens with zero attached hydrogens (tertiary/aromatic N) is 2. The van der Waals surface area contributed by atoms with Crippen molar-refractivity contribution in [2.75, 3.05) is 18.5 Å². The summed E-state index contributed by atoms with van der Waals surface area (Å²) in [4.78, 5) is 6.94. The average Bonchev–Trinajstić information content (AvgIpc) is 2.34. The first-order chi connectivity index (χ1) is 8.61. The van der Waals surface area contributed by atoms with E-state index in [0.29, 0.717) is 6.04 Å². The third-order valence-corrected chi connectivity index (χ3v) is 4.09. The predicted molar refractivity (Wildman–Crippen MR) is 76.8 cm³/mol. The molecule has 2 heterocycles. The summed E-state index contributed by atoms with van der Waals surface area (Å²) in [5, 5.41) is 3.16. The van der Waals surface area contributed by atoms with Crippen molar-refractivity contribution in [3.8, 4) is 0 Å². The molecule has 1 aliphatic rings. The van der Waals surface area contributed by atoms with Crippen LogP contribution in [0.15, 0.2) is 18.3 Å². The van der Waals surface area contributed by atoms with Crippen LogP contribution in [-0.4, -0.2) is 24.6 Å². The van der Waals surface area contributed by atoms with Crippen LogP contribution in [-0.2, 0) is 6.54 Å². The molecule has 3 atom stereocenters. The molecule has 0 radical (unpaired) electrons. The Labute approximate surface area is 111 Å². The second-order valence-corrected chi connectivity index (χ2v) is 5.75. The van der Waals surface area contributed by atoms with E-state index in [1.807, 2.05) is 13.2 Å². The number of hydrogen-bond donors (Lipinski definition) is 1. The minimum Gasteiger partial charge on any atom is -0.368 e. The average molecular weight is 247 g/mol. The topological polar surface area (TPSA) is 28.2 Å². The lowest BCUT2D eigenvalue weighted by Crippen LogP contribution is -2.45. The van der Waals surface area contributed by atoms with Crippen LogP contribution in [0.2, 0.25) is 0 Å². The fraction of sp³-hybridized carbons (Fsp3) is 0.667. The lowest BCUT2D eigenvalue weighted by Gasteiger charge is -2.42. The van der Waals surface area contributed by atoms with Crippen molar-refractivity contribution < 1.29 is 0 Å². The van der Waals surface area contributed by atoms with Gasteiger partial charge in [-0.25, -0.2) is 0 Å². The normalized spacial score (nSPS) is 28.4. The Hall–Kier alpha value is -1.09. The van der Waals surface area contributed by atoms with Crippen LogP contribution in [0.4, 0.5) is 5.69 Å². The molecule has 0 saturated carbocycles. The molecule has 0 bridgehead atoms. The van der Waals surface area contributed by atoms with E-state index in [9.17, 15) is 0 Å². The summed E-state index contributed by atoms with van der Waals surface area (Å²) < 4.78 is 0. The van der Waals surface area contributed by atoms with Gasteiger partial charge in [-0.1, -0.05) is 13.8 Å². The van der Waals surface area contributed by atoms with E-state index in [-0.39, 0.29) is 0 Å². The van der Waals surface area contributed by atoms with Gasteiger partial charge < -0.3 is 10.2 Å². The van der Waals surface area contributed by atoms with Crippen molar-refractivity contribution >= 4 is 5.69 Å². The molecule has 0 spiro atoms. The van der Waals surface area contributed by atoms with Crippen molar-refractivity contribution in [2.45, 2.75) is 39.8 Å². The molecule has 3 heteroatoms. The van der Waals surface area contributed by atoms with Crippen LogP contribution in [0.25, 0.3) is 0 Å². The molecule has 3 unspecified atom stereocenters. The Morgan fingerprint density at radius 2 is 2.17 bits per heavy atom. The third kappa shape index (κ3) is 2.83. The van der Waals surface area contributed by atoms with Gasteiger partial charge in [0.05, 0.1) is 5.69 Å². The molecule has 1 aliphatic heterocycles. The van der Waals surface area contributed by atoms with Gasteiger partial charge in [0.2, 0.25) is 0 Å². The molecule has 1 aromatic rings. The first-order valence-electron chi connectivity index (χ1n) is 6.98. The molecule has 18 heavy (non-hydrogen) atoms. The number of hydrogen-bond acceptors (Lipinski definition) is 3. The molecule has 0 amide bonds. The highest BCUT2D eigenvalue weighted by Gasteiger charge is 2.28. The van der Waals surface area contributed by atoms with Crippen LogP contribution in [0.1, 0.15) is 32.9 Å². The van der Waals surface area contributed by atoms with Gasteiger partial charge in [-0.05, 0) is 44.4 Å². The van der Waals surface area contributed by atoms with Crippen molar-refractivity contribution in [1.82, 2.24) is 10.3 Å². The highest BCUT2D eigenvalue weighted by Crippen LogP contribution is 2.31. The predicted octanol–water partition coefficient (Wildman–Crippen LogP) is 2.67. The van der Waals surface area contributed by atoms with Crippen LogP contribution in [0.5, 0.6) is 0 Å². The number of nitrogens with one attached hydrogen (secondary N) is 1. The van der Waals surface area contributed by atoms with E-state index >= 15 is 0 Å². The fourth-order valence-corrected chi connectivity index (χ4v) is 2.98. The van der Waals surface area contributed by atoms with Gasteiger partial charge in [0.1, 0.15) is 0 Å². The number of aromatic nitrogens is 1. The largest absolute Gasteiger partial charge is 0.368 e. The molecule has 1 fully saturated rings. The van der Waals surface area contributed by atoms with E-state index in [1.165, 1.54) is 12.1 Å². The van der Waals surface area contributed by atoms with E-state index in [4.69, 9.17) is 0 Å². The van der Waals surface area contributed by atoms with Crippen molar-refractivity contribution in [2.24, 2.45) is 11.8 Å². The van der Waals surface area contributed by atoms with Crippen LogP contribution in [0.3, 0.4) is 0 Å². The van der Waals surface area contributed by atoms with Crippen LogP contribution < -0.4 is 10.2 Å². The molecular formula is C15H25N3. The standard InChI is InChI=1S/C15H25N3/c1-11-7-12(2)13(3)18(10-11)15-5-6-17-14(8-15)9-16-4/h5-6,8,11-13,16H,7,9-10H2,1-4H3. The molecule has 0 aromatic carbocycles. The van der Waals surface area contributed by atoms with Gasteiger partial charge in [-0.3, -0.25) is 4.98 Å². The van der Waals surface area contributed by atoms with Gasteiger partial charge >= 0.3 is 0 Å². The third-order valence-electron chi connectivity index (χ3n) is 4.09. The lowest BCUT2D eigenvalue weighted by molar-refractivity contribution is 0.297. The highest BCUT2D eigenvalue weighted by molar-refractivity contribution is 5.48. The van der Waals surface area contributed by atoms with Crippen molar-refractivity contribution in [3.63, 3.8) is 0 Å². The Bertz CT molecular complexity index is 391. The van der Waals surface area contributed by atoms with E-state index < -0.39 is 0 Å². The molecule has 1 N–H and O–H groups in total. The minimum absolute atomic E-state index is 0.617. The Morgan fingerprint density at radius 1 is 1.39 bits per heavy atom. The summed E-state index contributed by atoms with van der Waals surface area (Å²) in [6.07, 6.45) is 3.27. The Kier molecular flexibility index (Phi) is 4.23. The Morgan fingerprint density at radius 3 is 2.89 bits per heavy atom. The van der Waals surface area contributed by atoms with E-state index in [0.717, 1.165) is 30.6 Å². The monoisotopic (exact) mass is 247 g/mol. The smallest absolute Gasteiger partial charge is 0.0562 e. The molecular weight excluding hydrogens is 222 g/mol. The van der Waals surface area contributed by atoms with E-state index in [1.54, 1.807) is 0 Å². The Balaban J connectivity index is 2.20. The summed E-state index contributed by atoms with van der Waals surface area (Å²) in [6.45, 7) is 9.05. The van der Waals surface area contributed by atoms with Gasteiger partial charge in [0.25, 0.3) is 0 Å².